The molecule has 0 spiro atoms. The van der Waals surface area contributed by atoms with Gasteiger partial charge in [0.1, 0.15) is 0 Å². The molecule has 1 aliphatic carbocycles. The summed E-state index contributed by atoms with van der Waals surface area (Å²) in [5.74, 6) is 1.08. The van der Waals surface area contributed by atoms with E-state index >= 15 is 0 Å². The smallest absolute Gasteiger partial charge is 0.0600 e. The van der Waals surface area contributed by atoms with Gasteiger partial charge in [-0.05, 0) is 51.1 Å². The molecule has 1 saturated carbocycles. The number of fused-ring (bicyclic) bond motifs is 1. The van der Waals surface area contributed by atoms with Crippen LogP contribution in [0.5, 0.6) is 0 Å². The van der Waals surface area contributed by atoms with Crippen LogP contribution in [0.2, 0.25) is 0 Å². The number of rotatable bonds is 1. The Balaban J connectivity index is 1.66. The van der Waals surface area contributed by atoms with E-state index in [-0.39, 0.29) is 0 Å². The van der Waals surface area contributed by atoms with E-state index in [0.29, 0.717) is 0 Å². The molecule has 2 nitrogen and oxygen atoms in total. The molecule has 2 aliphatic heterocycles. The first-order valence-corrected chi connectivity index (χ1v) is 5.44. The van der Waals surface area contributed by atoms with Crippen LogP contribution < -0.4 is 5.32 Å². The van der Waals surface area contributed by atoms with Gasteiger partial charge in [0.15, 0.2) is 0 Å². The van der Waals surface area contributed by atoms with Gasteiger partial charge >= 0.3 is 0 Å². The van der Waals surface area contributed by atoms with E-state index in [9.17, 15) is 0 Å². The minimum atomic E-state index is 0.750. The van der Waals surface area contributed by atoms with E-state index in [0.717, 1.165) is 18.1 Å². The topological polar surface area (TPSA) is 15.3 Å². The molecular weight excluding hydrogens is 148 g/mol. The standard InChI is InChI=1S/C10H18N2/c1-4-10(11-5-1)12-6-2-3-8-7-9(8)12/h8-11H,1-7H2. The summed E-state index contributed by atoms with van der Waals surface area (Å²) in [5.41, 5.74) is 0. The van der Waals surface area contributed by atoms with Crippen LogP contribution in [0.1, 0.15) is 32.1 Å². The molecule has 2 heteroatoms. The van der Waals surface area contributed by atoms with Gasteiger partial charge < -0.3 is 5.32 Å². The summed E-state index contributed by atoms with van der Waals surface area (Å²) in [6, 6.07) is 0.981. The molecule has 0 amide bonds. The minimum absolute atomic E-state index is 0.750. The maximum Gasteiger partial charge on any atom is 0.0600 e. The zero-order valence-corrected chi connectivity index (χ0v) is 7.63. The highest BCUT2D eigenvalue weighted by Crippen LogP contribution is 2.44. The van der Waals surface area contributed by atoms with Crippen molar-refractivity contribution in [3.63, 3.8) is 0 Å². The second-order valence-corrected chi connectivity index (χ2v) is 4.56. The van der Waals surface area contributed by atoms with Gasteiger partial charge in [-0.2, -0.15) is 0 Å². The lowest BCUT2D eigenvalue weighted by Gasteiger charge is -2.32. The van der Waals surface area contributed by atoms with Gasteiger partial charge in [0, 0.05) is 6.04 Å². The molecular formula is C10H18N2. The molecule has 0 aromatic rings. The zero-order chi connectivity index (χ0) is 7.97. The molecule has 3 fully saturated rings. The largest absolute Gasteiger partial charge is 0.302 e. The number of piperidine rings is 1. The van der Waals surface area contributed by atoms with Crippen LogP contribution in [0.4, 0.5) is 0 Å². The Bertz CT molecular complexity index is 175. The fourth-order valence-electron chi connectivity index (χ4n) is 2.99. The number of hydrogen-bond donors (Lipinski definition) is 1. The average Bonchev–Trinajstić information content (AvgIpc) is 2.70. The second-order valence-electron chi connectivity index (χ2n) is 4.56. The lowest BCUT2D eigenvalue weighted by molar-refractivity contribution is 0.139. The Morgan fingerprint density at radius 2 is 2.17 bits per heavy atom. The number of nitrogens with zero attached hydrogens (tertiary/aromatic N) is 1. The predicted molar refractivity (Wildman–Crippen MR) is 48.9 cm³/mol. The molecule has 1 N–H and O–H groups in total. The molecule has 3 rings (SSSR count). The Kier molecular flexibility index (Phi) is 1.66. The molecule has 3 aliphatic rings. The number of likely N-dealkylation sites (tertiary alicyclic amines) is 1. The first kappa shape index (κ1) is 7.34. The van der Waals surface area contributed by atoms with Gasteiger partial charge in [-0.3, -0.25) is 4.90 Å². The maximum atomic E-state index is 3.61. The molecule has 12 heavy (non-hydrogen) atoms. The van der Waals surface area contributed by atoms with E-state index in [1.165, 1.54) is 45.2 Å². The highest BCUT2D eigenvalue weighted by molar-refractivity contribution is 5.00. The average molecular weight is 166 g/mol. The Morgan fingerprint density at radius 3 is 3.00 bits per heavy atom. The lowest BCUT2D eigenvalue weighted by Crippen LogP contribution is -2.45. The maximum absolute atomic E-state index is 3.61. The van der Waals surface area contributed by atoms with Crippen molar-refractivity contribution in [2.75, 3.05) is 13.1 Å². The zero-order valence-electron chi connectivity index (χ0n) is 7.63. The third-order valence-corrected chi connectivity index (χ3v) is 3.74. The van der Waals surface area contributed by atoms with Crippen LogP contribution in [0.25, 0.3) is 0 Å². The van der Waals surface area contributed by atoms with E-state index in [4.69, 9.17) is 0 Å². The van der Waals surface area contributed by atoms with E-state index in [2.05, 4.69) is 10.2 Å². The van der Waals surface area contributed by atoms with Crippen LogP contribution in [0.15, 0.2) is 0 Å². The lowest BCUT2D eigenvalue weighted by atomic mass is 10.1. The first-order valence-electron chi connectivity index (χ1n) is 5.44. The molecule has 2 saturated heterocycles. The van der Waals surface area contributed by atoms with Crippen molar-refractivity contribution in [1.82, 2.24) is 10.2 Å². The number of hydrogen-bond acceptors (Lipinski definition) is 2. The normalized spacial score (nSPS) is 47.5. The van der Waals surface area contributed by atoms with Crippen LogP contribution in [0, 0.1) is 5.92 Å². The molecule has 2 heterocycles. The van der Waals surface area contributed by atoms with E-state index < -0.39 is 0 Å². The van der Waals surface area contributed by atoms with Crippen molar-refractivity contribution < 1.29 is 0 Å². The van der Waals surface area contributed by atoms with Crippen molar-refractivity contribution in [1.29, 1.82) is 0 Å². The molecule has 3 unspecified atom stereocenters. The number of nitrogens with one attached hydrogen (secondary N) is 1. The van der Waals surface area contributed by atoms with Gasteiger partial charge in [-0.15, -0.1) is 0 Å². The fourth-order valence-corrected chi connectivity index (χ4v) is 2.99. The Labute approximate surface area is 74.3 Å². The molecule has 0 aromatic carbocycles. The predicted octanol–water partition coefficient (Wildman–Crippen LogP) is 1.18. The van der Waals surface area contributed by atoms with E-state index in [1.807, 2.05) is 0 Å². The molecule has 0 bridgehead atoms. The summed E-state index contributed by atoms with van der Waals surface area (Å²) in [5, 5.41) is 3.61. The van der Waals surface area contributed by atoms with Crippen molar-refractivity contribution >= 4 is 0 Å². The summed E-state index contributed by atoms with van der Waals surface area (Å²) in [6.07, 6.45) is 7.98. The van der Waals surface area contributed by atoms with Gasteiger partial charge in [0.2, 0.25) is 0 Å². The highest BCUT2D eigenvalue weighted by Gasteiger charge is 2.46. The second kappa shape index (κ2) is 2.71. The highest BCUT2D eigenvalue weighted by atomic mass is 15.3. The first-order chi connectivity index (χ1) is 5.95. The monoisotopic (exact) mass is 166 g/mol. The third kappa shape index (κ3) is 1.09. The summed E-state index contributed by atoms with van der Waals surface area (Å²) in [7, 11) is 0. The molecule has 3 atom stereocenters. The fraction of sp³-hybridized carbons (Fsp3) is 1.00. The Morgan fingerprint density at radius 1 is 1.17 bits per heavy atom. The van der Waals surface area contributed by atoms with Crippen molar-refractivity contribution in [2.45, 2.75) is 44.3 Å². The molecule has 0 radical (unpaired) electrons. The van der Waals surface area contributed by atoms with Crippen LogP contribution in [0.3, 0.4) is 0 Å². The minimum Gasteiger partial charge on any atom is -0.302 e. The molecule has 68 valence electrons. The van der Waals surface area contributed by atoms with Gasteiger partial charge in [0.25, 0.3) is 0 Å². The quantitative estimate of drug-likeness (QED) is 0.629. The molecule has 0 aromatic heterocycles. The Hall–Kier alpha value is -0.0800. The van der Waals surface area contributed by atoms with Crippen LogP contribution >= 0.6 is 0 Å². The van der Waals surface area contributed by atoms with Crippen molar-refractivity contribution in [2.24, 2.45) is 5.92 Å². The van der Waals surface area contributed by atoms with Crippen molar-refractivity contribution in [3.8, 4) is 0 Å². The summed E-state index contributed by atoms with van der Waals surface area (Å²) in [4.78, 5) is 2.74. The van der Waals surface area contributed by atoms with Gasteiger partial charge in [-0.1, -0.05) is 0 Å². The van der Waals surface area contributed by atoms with Crippen molar-refractivity contribution in [3.05, 3.63) is 0 Å². The van der Waals surface area contributed by atoms with Crippen LogP contribution in [-0.2, 0) is 0 Å². The summed E-state index contributed by atoms with van der Waals surface area (Å²) in [6.45, 7) is 2.61. The summed E-state index contributed by atoms with van der Waals surface area (Å²) >= 11 is 0. The van der Waals surface area contributed by atoms with Crippen LogP contribution in [-0.4, -0.2) is 30.2 Å². The summed E-state index contributed by atoms with van der Waals surface area (Å²) < 4.78 is 0. The van der Waals surface area contributed by atoms with Gasteiger partial charge in [-0.25, -0.2) is 0 Å². The van der Waals surface area contributed by atoms with E-state index in [1.54, 1.807) is 0 Å². The third-order valence-electron chi connectivity index (χ3n) is 3.74. The van der Waals surface area contributed by atoms with Gasteiger partial charge in [0.05, 0.1) is 6.17 Å². The SMILES string of the molecule is C1CNC(N2CCCC3CC32)C1.